The molecule has 1 aromatic carbocycles. The van der Waals surface area contributed by atoms with E-state index in [0.717, 1.165) is 17.8 Å². The van der Waals surface area contributed by atoms with E-state index in [1.165, 1.54) is 6.21 Å². The molecule has 2 amide bonds. The fourth-order valence-corrected chi connectivity index (χ4v) is 2.65. The Morgan fingerprint density at radius 2 is 2.08 bits per heavy atom. The normalized spacial score (nSPS) is 10.8. The summed E-state index contributed by atoms with van der Waals surface area (Å²) in [5, 5.41) is 15.6. The molecular formula is C15H16ClN5O2S. The molecule has 0 bridgehead atoms. The first kappa shape index (κ1) is 18.0. The van der Waals surface area contributed by atoms with Crippen molar-refractivity contribution in [2.45, 2.75) is 26.2 Å². The zero-order valence-corrected chi connectivity index (χ0v) is 14.5. The van der Waals surface area contributed by atoms with Gasteiger partial charge in [-0.3, -0.25) is 9.59 Å². The molecule has 0 fully saturated rings. The van der Waals surface area contributed by atoms with Gasteiger partial charge in [-0.2, -0.15) is 5.10 Å². The number of carbonyl (C=O) groups is 2. The number of anilines is 1. The van der Waals surface area contributed by atoms with Gasteiger partial charge in [0, 0.05) is 17.0 Å². The van der Waals surface area contributed by atoms with Crippen molar-refractivity contribution in [3.8, 4) is 0 Å². The third kappa shape index (κ3) is 5.71. The lowest BCUT2D eigenvalue weighted by molar-refractivity contribution is -0.120. The summed E-state index contributed by atoms with van der Waals surface area (Å²) in [6.07, 6.45) is 2.67. The minimum atomic E-state index is -0.333. The van der Waals surface area contributed by atoms with Gasteiger partial charge in [0.1, 0.15) is 5.01 Å². The maximum Gasteiger partial charge on any atom is 0.247 e. The van der Waals surface area contributed by atoms with Crippen molar-refractivity contribution in [3.05, 3.63) is 39.9 Å². The van der Waals surface area contributed by atoms with Gasteiger partial charge in [0.2, 0.25) is 16.9 Å². The SMILES string of the molecule is CCCC(=O)Nc1nnc(CC(=O)NN=Cc2ccccc2Cl)s1. The molecule has 0 aliphatic heterocycles. The molecule has 0 atom stereocenters. The summed E-state index contributed by atoms with van der Waals surface area (Å²) in [4.78, 5) is 23.3. The standard InChI is InChI=1S/C15H16ClN5O2S/c1-2-5-12(22)18-15-21-20-14(24-15)8-13(23)19-17-9-10-6-3-4-7-11(10)16/h3-4,6-7,9H,2,5,8H2,1H3,(H,19,23)(H,18,21,22). The number of hydrogen-bond acceptors (Lipinski definition) is 6. The van der Waals surface area contributed by atoms with Gasteiger partial charge in [-0.05, 0) is 12.5 Å². The third-order valence-corrected chi connectivity index (χ3v) is 3.98. The van der Waals surface area contributed by atoms with Gasteiger partial charge in [-0.15, -0.1) is 10.2 Å². The van der Waals surface area contributed by atoms with Crippen LogP contribution in [0.15, 0.2) is 29.4 Å². The molecule has 1 heterocycles. The van der Waals surface area contributed by atoms with Crippen molar-refractivity contribution in [3.63, 3.8) is 0 Å². The van der Waals surface area contributed by atoms with Crippen LogP contribution in [0, 0.1) is 0 Å². The highest BCUT2D eigenvalue weighted by Gasteiger charge is 2.10. The minimum absolute atomic E-state index is 0.0289. The van der Waals surface area contributed by atoms with Crippen LogP contribution in [0.4, 0.5) is 5.13 Å². The smallest absolute Gasteiger partial charge is 0.247 e. The molecule has 2 aromatic rings. The van der Waals surface area contributed by atoms with E-state index < -0.39 is 0 Å². The lowest BCUT2D eigenvalue weighted by Gasteiger charge is -1.98. The van der Waals surface area contributed by atoms with Gasteiger partial charge in [-0.1, -0.05) is 48.1 Å². The van der Waals surface area contributed by atoms with Crippen LogP contribution >= 0.6 is 22.9 Å². The average Bonchev–Trinajstić information content (AvgIpc) is 2.96. The Morgan fingerprint density at radius 1 is 1.29 bits per heavy atom. The largest absolute Gasteiger partial charge is 0.301 e. The molecule has 2 rings (SSSR count). The Morgan fingerprint density at radius 3 is 2.83 bits per heavy atom. The molecule has 24 heavy (non-hydrogen) atoms. The number of carbonyl (C=O) groups excluding carboxylic acids is 2. The Labute approximate surface area is 148 Å². The summed E-state index contributed by atoms with van der Waals surface area (Å²) >= 11 is 7.14. The number of benzene rings is 1. The molecule has 0 radical (unpaired) electrons. The molecule has 9 heteroatoms. The van der Waals surface area contributed by atoms with E-state index in [1.54, 1.807) is 12.1 Å². The number of hydrogen-bond donors (Lipinski definition) is 2. The van der Waals surface area contributed by atoms with Crippen LogP contribution in [-0.4, -0.2) is 28.2 Å². The zero-order valence-electron chi connectivity index (χ0n) is 13.0. The number of hydrazone groups is 1. The highest BCUT2D eigenvalue weighted by Crippen LogP contribution is 2.16. The minimum Gasteiger partial charge on any atom is -0.301 e. The first-order valence-corrected chi connectivity index (χ1v) is 8.46. The van der Waals surface area contributed by atoms with E-state index in [9.17, 15) is 9.59 Å². The van der Waals surface area contributed by atoms with Gasteiger partial charge >= 0.3 is 0 Å². The Bertz CT molecular complexity index is 747. The Balaban J connectivity index is 1.83. The first-order chi connectivity index (χ1) is 11.6. The summed E-state index contributed by atoms with van der Waals surface area (Å²) in [7, 11) is 0. The van der Waals surface area contributed by atoms with Gasteiger partial charge in [0.25, 0.3) is 0 Å². The number of amides is 2. The topological polar surface area (TPSA) is 96.3 Å². The number of nitrogens with one attached hydrogen (secondary N) is 2. The summed E-state index contributed by atoms with van der Waals surface area (Å²) in [5.41, 5.74) is 3.11. The lowest BCUT2D eigenvalue weighted by atomic mass is 10.2. The number of aromatic nitrogens is 2. The van der Waals surface area contributed by atoms with Crippen LogP contribution in [0.25, 0.3) is 0 Å². The van der Waals surface area contributed by atoms with Crippen molar-refractivity contribution in [2.24, 2.45) is 5.10 Å². The number of halogens is 1. The maximum atomic E-state index is 11.8. The van der Waals surface area contributed by atoms with E-state index in [2.05, 4.69) is 26.0 Å². The third-order valence-electron chi connectivity index (χ3n) is 2.80. The molecule has 0 unspecified atom stereocenters. The second-order valence-electron chi connectivity index (χ2n) is 4.79. The van der Waals surface area contributed by atoms with Crippen LogP contribution in [0.2, 0.25) is 5.02 Å². The first-order valence-electron chi connectivity index (χ1n) is 7.27. The number of nitrogens with zero attached hydrogens (tertiary/aromatic N) is 3. The quantitative estimate of drug-likeness (QED) is 0.582. The second-order valence-corrected chi connectivity index (χ2v) is 6.26. The molecule has 0 saturated carbocycles. The predicted molar refractivity (Wildman–Crippen MR) is 94.3 cm³/mol. The van der Waals surface area contributed by atoms with Crippen molar-refractivity contribution in [2.75, 3.05) is 5.32 Å². The van der Waals surface area contributed by atoms with Crippen molar-refractivity contribution >= 4 is 46.1 Å². The van der Waals surface area contributed by atoms with E-state index in [-0.39, 0.29) is 18.2 Å². The molecule has 1 aromatic heterocycles. The van der Waals surface area contributed by atoms with Crippen molar-refractivity contribution in [1.82, 2.24) is 15.6 Å². The highest BCUT2D eigenvalue weighted by molar-refractivity contribution is 7.15. The van der Waals surface area contributed by atoms with Crippen LogP contribution in [0.3, 0.4) is 0 Å². The molecule has 0 aliphatic carbocycles. The zero-order chi connectivity index (χ0) is 17.4. The molecule has 2 N–H and O–H groups in total. The van der Waals surface area contributed by atoms with Crippen LogP contribution in [0.5, 0.6) is 0 Å². The van der Waals surface area contributed by atoms with E-state index in [4.69, 9.17) is 11.6 Å². The average molecular weight is 366 g/mol. The maximum absolute atomic E-state index is 11.8. The fourth-order valence-electron chi connectivity index (χ4n) is 1.71. The van der Waals surface area contributed by atoms with Crippen molar-refractivity contribution < 1.29 is 9.59 Å². The Kier molecular flexibility index (Phi) is 6.83. The number of rotatable bonds is 7. The molecule has 7 nitrogen and oxygen atoms in total. The van der Waals surface area contributed by atoms with E-state index in [0.29, 0.717) is 27.1 Å². The van der Waals surface area contributed by atoms with Gasteiger partial charge in [0.15, 0.2) is 0 Å². The lowest BCUT2D eigenvalue weighted by Crippen LogP contribution is -2.19. The molecule has 126 valence electrons. The molecule has 0 saturated heterocycles. The van der Waals surface area contributed by atoms with E-state index >= 15 is 0 Å². The monoisotopic (exact) mass is 365 g/mol. The summed E-state index contributed by atoms with van der Waals surface area (Å²) in [6.45, 7) is 1.92. The van der Waals surface area contributed by atoms with Gasteiger partial charge < -0.3 is 5.32 Å². The second kappa shape index (κ2) is 9.09. The van der Waals surface area contributed by atoms with Crippen LogP contribution < -0.4 is 10.7 Å². The van der Waals surface area contributed by atoms with Crippen LogP contribution in [0.1, 0.15) is 30.3 Å². The van der Waals surface area contributed by atoms with E-state index in [1.807, 2.05) is 19.1 Å². The van der Waals surface area contributed by atoms with Crippen LogP contribution in [-0.2, 0) is 16.0 Å². The fraction of sp³-hybridized carbons (Fsp3) is 0.267. The van der Waals surface area contributed by atoms with Crippen molar-refractivity contribution in [1.29, 1.82) is 0 Å². The van der Waals surface area contributed by atoms with Gasteiger partial charge in [-0.25, -0.2) is 5.43 Å². The molecule has 0 aliphatic rings. The highest BCUT2D eigenvalue weighted by atomic mass is 35.5. The molecule has 0 spiro atoms. The van der Waals surface area contributed by atoms with Gasteiger partial charge in [0.05, 0.1) is 12.6 Å². The summed E-state index contributed by atoms with van der Waals surface area (Å²) in [5.74, 6) is -0.449. The Hall–Kier alpha value is -2.32. The summed E-state index contributed by atoms with van der Waals surface area (Å²) in [6, 6.07) is 7.16. The molecular weight excluding hydrogens is 350 g/mol. The summed E-state index contributed by atoms with van der Waals surface area (Å²) < 4.78 is 0. The predicted octanol–water partition coefficient (Wildman–Crippen LogP) is 2.62.